The van der Waals surface area contributed by atoms with Gasteiger partial charge in [0, 0.05) is 17.6 Å². The second-order valence-electron chi connectivity index (χ2n) is 8.08. The van der Waals surface area contributed by atoms with Gasteiger partial charge in [0.1, 0.15) is 18.3 Å². The molecule has 0 N–H and O–H groups in total. The van der Waals surface area contributed by atoms with Crippen LogP contribution in [-0.2, 0) is 16.1 Å². The molecule has 158 valence electrons. The number of nitrogens with zero attached hydrogens (tertiary/aromatic N) is 2. The number of methoxy groups -OCH3 is 1. The summed E-state index contributed by atoms with van der Waals surface area (Å²) in [6.07, 6.45) is 5.39. The van der Waals surface area contributed by atoms with E-state index in [1.807, 2.05) is 53.4 Å². The lowest BCUT2D eigenvalue weighted by Crippen LogP contribution is -2.58. The van der Waals surface area contributed by atoms with Gasteiger partial charge in [0.2, 0.25) is 5.91 Å². The van der Waals surface area contributed by atoms with E-state index in [9.17, 15) is 9.59 Å². The number of ether oxygens (including phenoxy) is 1. The molecule has 2 fully saturated rings. The third kappa shape index (κ3) is 4.31. The molecule has 0 bridgehead atoms. The summed E-state index contributed by atoms with van der Waals surface area (Å²) in [4.78, 5) is 30.4. The fraction of sp³-hybridized carbons (Fsp3) is 0.417. The summed E-state index contributed by atoms with van der Waals surface area (Å²) in [5, 5.41) is 0.648. The molecule has 0 spiro atoms. The lowest BCUT2D eigenvalue weighted by atomic mass is 9.91. The van der Waals surface area contributed by atoms with Gasteiger partial charge in [-0.25, -0.2) is 0 Å². The Kier molecular flexibility index (Phi) is 6.28. The number of benzene rings is 2. The molecule has 2 aromatic carbocycles. The third-order valence-corrected chi connectivity index (χ3v) is 6.42. The molecule has 2 aliphatic rings. The first-order valence-electron chi connectivity index (χ1n) is 10.5. The summed E-state index contributed by atoms with van der Waals surface area (Å²) in [6, 6.07) is 14.4. The predicted octanol–water partition coefficient (Wildman–Crippen LogP) is 4.59. The SMILES string of the molecule is COc1ccc(C2C(=O)N(C3CCCCC3)CC(=O)N2Cc2ccc(Cl)cc2)cc1. The highest BCUT2D eigenvalue weighted by atomic mass is 35.5. The Labute approximate surface area is 182 Å². The Balaban J connectivity index is 1.66. The Hall–Kier alpha value is -2.53. The molecule has 2 aromatic rings. The van der Waals surface area contributed by atoms with E-state index in [-0.39, 0.29) is 24.4 Å². The summed E-state index contributed by atoms with van der Waals surface area (Å²) in [6.45, 7) is 0.528. The van der Waals surface area contributed by atoms with Crippen molar-refractivity contribution < 1.29 is 14.3 Å². The molecule has 5 nitrogen and oxygen atoms in total. The van der Waals surface area contributed by atoms with Crippen LogP contribution < -0.4 is 4.74 Å². The summed E-state index contributed by atoms with van der Waals surface area (Å²) in [5.41, 5.74) is 1.76. The number of carbonyl (C=O) groups excluding carboxylic acids is 2. The molecular formula is C24H27ClN2O3. The maximum Gasteiger partial charge on any atom is 0.250 e. The summed E-state index contributed by atoms with van der Waals surface area (Å²) >= 11 is 6.01. The molecule has 1 atom stereocenters. The van der Waals surface area contributed by atoms with Gasteiger partial charge in [-0.3, -0.25) is 9.59 Å². The van der Waals surface area contributed by atoms with E-state index in [0.717, 1.165) is 42.6 Å². The third-order valence-electron chi connectivity index (χ3n) is 6.17. The van der Waals surface area contributed by atoms with Crippen molar-refractivity contribution in [2.24, 2.45) is 0 Å². The Morgan fingerprint density at radius 1 is 0.967 bits per heavy atom. The zero-order chi connectivity index (χ0) is 21.1. The molecule has 0 radical (unpaired) electrons. The Morgan fingerprint density at radius 3 is 2.27 bits per heavy atom. The predicted molar refractivity (Wildman–Crippen MR) is 116 cm³/mol. The van der Waals surface area contributed by atoms with Crippen molar-refractivity contribution in [1.29, 1.82) is 0 Å². The van der Waals surface area contributed by atoms with E-state index in [4.69, 9.17) is 16.3 Å². The second-order valence-corrected chi connectivity index (χ2v) is 8.52. The minimum Gasteiger partial charge on any atom is -0.497 e. The van der Waals surface area contributed by atoms with Crippen LogP contribution in [0.4, 0.5) is 0 Å². The van der Waals surface area contributed by atoms with Crippen LogP contribution in [-0.4, -0.2) is 41.3 Å². The number of piperazine rings is 1. The van der Waals surface area contributed by atoms with Crippen LogP contribution in [0.1, 0.15) is 49.3 Å². The molecule has 0 aromatic heterocycles. The molecule has 30 heavy (non-hydrogen) atoms. The van der Waals surface area contributed by atoms with Gasteiger partial charge >= 0.3 is 0 Å². The highest BCUT2D eigenvalue weighted by molar-refractivity contribution is 6.30. The second kappa shape index (κ2) is 9.09. The molecule has 6 heteroatoms. The first-order chi connectivity index (χ1) is 14.6. The first-order valence-corrected chi connectivity index (χ1v) is 10.9. The summed E-state index contributed by atoms with van der Waals surface area (Å²) < 4.78 is 5.27. The van der Waals surface area contributed by atoms with Gasteiger partial charge in [0.25, 0.3) is 5.91 Å². The highest BCUT2D eigenvalue weighted by Crippen LogP contribution is 2.34. The van der Waals surface area contributed by atoms with Gasteiger partial charge in [-0.05, 0) is 48.2 Å². The van der Waals surface area contributed by atoms with Crippen LogP contribution in [0.3, 0.4) is 0 Å². The fourth-order valence-corrected chi connectivity index (χ4v) is 4.65. The van der Waals surface area contributed by atoms with Gasteiger partial charge in [0.15, 0.2) is 0 Å². The first kappa shape index (κ1) is 20.7. The average molecular weight is 427 g/mol. The van der Waals surface area contributed by atoms with E-state index in [0.29, 0.717) is 11.6 Å². The molecule has 2 amide bonds. The normalized spacial score (nSPS) is 20.5. The lowest BCUT2D eigenvalue weighted by molar-refractivity contribution is -0.160. The van der Waals surface area contributed by atoms with Crippen LogP contribution in [0.15, 0.2) is 48.5 Å². The largest absolute Gasteiger partial charge is 0.497 e. The van der Waals surface area contributed by atoms with Crippen molar-refractivity contribution in [2.45, 2.75) is 50.7 Å². The number of rotatable bonds is 5. The fourth-order valence-electron chi connectivity index (χ4n) is 4.53. The van der Waals surface area contributed by atoms with Crippen molar-refractivity contribution in [3.8, 4) is 5.75 Å². The van der Waals surface area contributed by atoms with Crippen molar-refractivity contribution >= 4 is 23.4 Å². The minimum atomic E-state index is -0.630. The van der Waals surface area contributed by atoms with Crippen molar-refractivity contribution in [1.82, 2.24) is 9.80 Å². The van der Waals surface area contributed by atoms with E-state index >= 15 is 0 Å². The minimum absolute atomic E-state index is 0.0145. The number of amides is 2. The maximum absolute atomic E-state index is 13.7. The van der Waals surface area contributed by atoms with Crippen LogP contribution in [0.25, 0.3) is 0 Å². The summed E-state index contributed by atoms with van der Waals surface area (Å²) in [5.74, 6) is 0.721. The van der Waals surface area contributed by atoms with Gasteiger partial charge in [-0.2, -0.15) is 0 Å². The van der Waals surface area contributed by atoms with Gasteiger partial charge in [-0.1, -0.05) is 55.1 Å². The van der Waals surface area contributed by atoms with E-state index in [1.165, 1.54) is 6.42 Å². The topological polar surface area (TPSA) is 49.9 Å². The average Bonchev–Trinajstić information content (AvgIpc) is 2.78. The van der Waals surface area contributed by atoms with Crippen molar-refractivity contribution in [3.05, 3.63) is 64.7 Å². The molecule has 1 saturated heterocycles. The van der Waals surface area contributed by atoms with Crippen LogP contribution in [0.5, 0.6) is 5.75 Å². The van der Waals surface area contributed by atoms with Crippen molar-refractivity contribution in [2.75, 3.05) is 13.7 Å². The molecular weight excluding hydrogens is 400 g/mol. The zero-order valence-corrected chi connectivity index (χ0v) is 18.0. The lowest BCUT2D eigenvalue weighted by Gasteiger charge is -2.44. The molecule has 1 saturated carbocycles. The molecule has 1 aliphatic heterocycles. The van der Waals surface area contributed by atoms with Gasteiger partial charge in [-0.15, -0.1) is 0 Å². The zero-order valence-electron chi connectivity index (χ0n) is 17.2. The van der Waals surface area contributed by atoms with E-state index in [2.05, 4.69) is 0 Å². The maximum atomic E-state index is 13.7. The summed E-state index contributed by atoms with van der Waals surface area (Å²) in [7, 11) is 1.61. The van der Waals surface area contributed by atoms with Gasteiger partial charge in [0.05, 0.1) is 7.11 Å². The van der Waals surface area contributed by atoms with Gasteiger partial charge < -0.3 is 14.5 Å². The number of halogens is 1. The Morgan fingerprint density at radius 2 is 1.63 bits per heavy atom. The van der Waals surface area contributed by atoms with E-state index in [1.54, 1.807) is 12.0 Å². The van der Waals surface area contributed by atoms with E-state index < -0.39 is 6.04 Å². The molecule has 1 aliphatic carbocycles. The number of hydrogen-bond acceptors (Lipinski definition) is 3. The van der Waals surface area contributed by atoms with Crippen LogP contribution in [0, 0.1) is 0 Å². The smallest absolute Gasteiger partial charge is 0.250 e. The Bertz CT molecular complexity index is 892. The number of hydrogen-bond donors (Lipinski definition) is 0. The van der Waals surface area contributed by atoms with Crippen LogP contribution in [0.2, 0.25) is 5.02 Å². The molecule has 4 rings (SSSR count). The quantitative estimate of drug-likeness (QED) is 0.702. The standard InChI is InChI=1S/C24H27ClN2O3/c1-30-21-13-9-18(10-14-21)23-24(29)26(20-5-3-2-4-6-20)16-22(28)27(23)15-17-7-11-19(25)12-8-17/h7-14,20,23H,2-6,15-16H2,1H3. The highest BCUT2D eigenvalue weighted by Gasteiger charge is 2.42. The van der Waals surface area contributed by atoms with Crippen LogP contribution >= 0.6 is 11.6 Å². The monoisotopic (exact) mass is 426 g/mol. The number of carbonyl (C=O) groups is 2. The molecule has 1 unspecified atom stereocenters. The van der Waals surface area contributed by atoms with Crippen molar-refractivity contribution in [3.63, 3.8) is 0 Å². The molecule has 1 heterocycles.